The van der Waals surface area contributed by atoms with Crippen LogP contribution in [0.1, 0.15) is 82.9 Å². The molecule has 9 rings (SSSR count). The van der Waals surface area contributed by atoms with Gasteiger partial charge in [0.2, 0.25) is 34.7 Å². The second-order valence-corrected chi connectivity index (χ2v) is 13.3. The largest absolute Gasteiger partial charge is 2.00 e. The Morgan fingerprint density at radius 3 is 0.544 bits per heavy atom. The molecule has 6 aromatic rings. The SMILES string of the molecule is CC#N.CC#N.CC#N.O=C1C(=O)c2cccnc2-c2ncccc21.O=C1C(=O)c2cccnc2-c2ncccc21.O=C1C(=O)c2cccnc2-c2ncccc21.[O-][Cl+3]([O-])([O-])[O-].[O-][Cl+3]([O-])([O-])[O-].[Ru+2]. The average molecular weight is 1050 g/mol. The minimum absolute atomic E-state index is 0. The Balaban J connectivity index is 0.000000428. The predicted molar refractivity (Wildman–Crippen MR) is 202 cm³/mol. The van der Waals surface area contributed by atoms with Crippen molar-refractivity contribution < 1.29 is 106 Å². The van der Waals surface area contributed by atoms with Gasteiger partial charge in [0.25, 0.3) is 0 Å². The molecule has 6 heterocycles. The maximum absolute atomic E-state index is 11.8. The summed E-state index contributed by atoms with van der Waals surface area (Å²) in [6.45, 7) is 4.29. The van der Waals surface area contributed by atoms with E-state index in [1.807, 2.05) is 0 Å². The van der Waals surface area contributed by atoms with Crippen molar-refractivity contribution in [2.75, 3.05) is 0 Å². The summed E-state index contributed by atoms with van der Waals surface area (Å²) >= 11 is 0. The zero-order chi connectivity index (χ0) is 50.5. The van der Waals surface area contributed by atoms with Crippen molar-refractivity contribution in [1.29, 1.82) is 15.8 Å². The van der Waals surface area contributed by atoms with Gasteiger partial charge in [0.1, 0.15) is 34.2 Å². The second kappa shape index (κ2) is 27.7. The summed E-state index contributed by atoms with van der Waals surface area (Å²) in [7, 11) is -9.89. The molecule has 23 nitrogen and oxygen atoms in total. The van der Waals surface area contributed by atoms with E-state index in [4.69, 9.17) is 53.1 Å². The molecule has 0 saturated carbocycles. The molecular weight excluding hydrogens is 1030 g/mol. The number of rotatable bonds is 0. The van der Waals surface area contributed by atoms with Crippen LogP contribution >= 0.6 is 0 Å². The minimum Gasteiger partial charge on any atom is -0.285 e. The van der Waals surface area contributed by atoms with Crippen LogP contribution in [0.2, 0.25) is 0 Å². The standard InChI is InChI=1S/3C12H6N2O2.3C2H3N.2ClHO4.Ru/c3*15-11-7-3-1-5-13-9(7)10-8(12(11)16)4-2-6-14-10;3*1-2-3;2*2-1(3,4)5;/h3*1-6H;3*1H3;2*(H,2,3,4,5);/q;;;;;;;;+2/p-2. The van der Waals surface area contributed by atoms with E-state index in [0.717, 1.165) is 0 Å². The van der Waals surface area contributed by atoms with Crippen LogP contribution in [-0.2, 0) is 19.5 Å². The van der Waals surface area contributed by atoms with Crippen LogP contribution in [0, 0.1) is 54.5 Å². The topological polar surface area (TPSA) is 436 Å². The van der Waals surface area contributed by atoms with E-state index >= 15 is 0 Å². The number of carbonyl (C=O) groups is 6. The third-order valence-corrected chi connectivity index (χ3v) is 7.61. The fraction of sp³-hybridized carbons (Fsp3) is 0.0714. The van der Waals surface area contributed by atoms with E-state index < -0.39 is 55.2 Å². The summed E-state index contributed by atoms with van der Waals surface area (Å²) in [5.41, 5.74) is 4.92. The van der Waals surface area contributed by atoms with Crippen LogP contribution in [-0.4, -0.2) is 64.6 Å². The van der Waals surface area contributed by atoms with E-state index in [-0.39, 0.29) is 19.5 Å². The Morgan fingerprint density at radius 1 is 0.338 bits per heavy atom. The first-order valence-electron chi connectivity index (χ1n) is 17.8. The van der Waals surface area contributed by atoms with Gasteiger partial charge >= 0.3 is 19.5 Å². The molecule has 0 aliphatic heterocycles. The first-order chi connectivity index (χ1) is 31.6. The van der Waals surface area contributed by atoms with Crippen LogP contribution < -0.4 is 37.3 Å². The molecule has 0 amide bonds. The fourth-order valence-corrected chi connectivity index (χ4v) is 5.40. The Kier molecular flexibility index (Phi) is 23.7. The molecule has 68 heavy (non-hydrogen) atoms. The van der Waals surface area contributed by atoms with Crippen LogP contribution in [0.25, 0.3) is 34.2 Å². The summed E-state index contributed by atoms with van der Waals surface area (Å²) in [4.78, 5) is 95.2. The molecule has 346 valence electrons. The van der Waals surface area contributed by atoms with E-state index in [0.29, 0.717) is 67.5 Å². The molecule has 0 N–H and O–H groups in total. The smallest absolute Gasteiger partial charge is 0.285 e. The summed E-state index contributed by atoms with van der Waals surface area (Å²) in [6.07, 6.45) is 9.50. The molecule has 26 heteroatoms. The third kappa shape index (κ3) is 16.9. The molecule has 0 spiro atoms. The van der Waals surface area contributed by atoms with E-state index in [9.17, 15) is 28.8 Å². The van der Waals surface area contributed by atoms with Gasteiger partial charge in [-0.2, -0.15) is 15.8 Å². The monoisotopic (exact) mass is 1050 g/mol. The molecule has 0 bridgehead atoms. The van der Waals surface area contributed by atoms with Crippen LogP contribution in [0.3, 0.4) is 0 Å². The molecule has 0 unspecified atom stereocenters. The molecule has 6 aromatic heterocycles. The number of aromatic nitrogens is 6. The molecular formula is C42H27Cl2N9O14Ru. The van der Waals surface area contributed by atoms with Crippen molar-refractivity contribution >= 4 is 34.7 Å². The minimum atomic E-state index is -4.94. The molecule has 3 aliphatic rings. The maximum Gasteiger partial charge on any atom is 2.00 e. The van der Waals surface area contributed by atoms with Gasteiger partial charge < -0.3 is 0 Å². The number of fused-ring (bicyclic) bond motifs is 9. The molecule has 0 atom stereocenters. The Labute approximate surface area is 401 Å². The molecule has 3 aliphatic carbocycles. The molecule has 0 fully saturated rings. The Hall–Kier alpha value is -7.73. The van der Waals surface area contributed by atoms with Gasteiger partial charge in [-0.3, -0.25) is 58.7 Å². The van der Waals surface area contributed by atoms with Crippen LogP contribution in [0.15, 0.2) is 110 Å². The van der Waals surface area contributed by atoms with Gasteiger partial charge in [0.15, 0.2) is 0 Å². The zero-order valence-corrected chi connectivity index (χ0v) is 38.0. The summed E-state index contributed by atoms with van der Waals surface area (Å²) in [5.74, 6) is -3.06. The Bertz CT molecular complexity index is 2450. The Morgan fingerprint density at radius 2 is 0.441 bits per heavy atom. The number of Topliss-reactive ketones (excluding diaryl/α,β-unsaturated/α-hetero) is 6. The fourth-order valence-electron chi connectivity index (χ4n) is 5.40. The van der Waals surface area contributed by atoms with Crippen molar-refractivity contribution in [3.63, 3.8) is 0 Å². The maximum atomic E-state index is 11.8. The van der Waals surface area contributed by atoms with Gasteiger partial charge in [-0.15, -0.1) is 20.5 Å². The number of carbonyl (C=O) groups excluding carboxylic acids is 6. The molecule has 0 saturated heterocycles. The van der Waals surface area contributed by atoms with Gasteiger partial charge in [-0.1, -0.05) is 0 Å². The first-order valence-corrected chi connectivity index (χ1v) is 20.2. The van der Waals surface area contributed by atoms with Gasteiger partial charge in [0.05, 0.1) is 51.6 Å². The van der Waals surface area contributed by atoms with E-state index in [2.05, 4.69) is 29.9 Å². The zero-order valence-electron chi connectivity index (χ0n) is 34.7. The summed E-state index contributed by atoms with van der Waals surface area (Å²) in [6, 6.07) is 24.7. The van der Waals surface area contributed by atoms with Gasteiger partial charge in [0, 0.05) is 58.0 Å². The number of hydrogen-bond acceptors (Lipinski definition) is 23. The number of pyridine rings is 6. The predicted octanol–water partition coefficient (Wildman–Crippen LogP) is -3.36. The number of nitrogens with zero attached hydrogens (tertiary/aromatic N) is 9. The van der Waals surface area contributed by atoms with Gasteiger partial charge in [-0.25, -0.2) is 37.3 Å². The molecule has 0 aromatic carbocycles. The summed E-state index contributed by atoms with van der Waals surface area (Å²) in [5, 5.41) is 22.0. The van der Waals surface area contributed by atoms with Crippen molar-refractivity contribution in [3.8, 4) is 52.4 Å². The van der Waals surface area contributed by atoms with E-state index in [1.165, 1.54) is 20.8 Å². The van der Waals surface area contributed by atoms with Crippen molar-refractivity contribution in [3.05, 3.63) is 143 Å². The normalized spacial score (nSPS) is 11.5. The first kappa shape index (κ1) is 58.3. The number of ketones is 6. The average Bonchev–Trinajstić information content (AvgIpc) is 3.29. The molecule has 0 radical (unpaired) electrons. The second-order valence-electron chi connectivity index (χ2n) is 11.8. The van der Waals surface area contributed by atoms with Crippen molar-refractivity contribution in [2.45, 2.75) is 20.8 Å². The van der Waals surface area contributed by atoms with Crippen LogP contribution in [0.5, 0.6) is 0 Å². The summed E-state index contributed by atoms with van der Waals surface area (Å²) < 4.78 is 67.9. The van der Waals surface area contributed by atoms with Crippen molar-refractivity contribution in [2.24, 2.45) is 0 Å². The van der Waals surface area contributed by atoms with E-state index in [1.54, 1.807) is 128 Å². The van der Waals surface area contributed by atoms with Gasteiger partial charge in [-0.05, 0) is 72.8 Å². The van der Waals surface area contributed by atoms with Crippen molar-refractivity contribution in [1.82, 2.24) is 29.9 Å². The number of halogens is 2. The quantitative estimate of drug-likeness (QED) is 0.106. The number of nitriles is 3. The number of hydrogen-bond donors (Lipinski definition) is 0. The van der Waals surface area contributed by atoms with Crippen LogP contribution in [0.4, 0.5) is 0 Å². The third-order valence-electron chi connectivity index (χ3n) is 7.61.